The SMILES string of the molecule is [2H]C(c1ccc(-c2ccc3oncc3c2)cc1)N(C(=O)C1CCCCC1)c1cccc(/C=C/C(=O)OC)c1. The minimum Gasteiger partial charge on any atom is -0.466 e. The van der Waals surface area contributed by atoms with E-state index in [0.717, 1.165) is 65.3 Å². The van der Waals surface area contributed by atoms with Gasteiger partial charge in [0.05, 0.1) is 21.2 Å². The molecule has 0 bridgehead atoms. The molecule has 0 spiro atoms. The molecule has 6 nitrogen and oxygen atoms in total. The van der Waals surface area contributed by atoms with Crippen molar-refractivity contribution in [1.29, 1.82) is 0 Å². The summed E-state index contributed by atoms with van der Waals surface area (Å²) in [5.41, 5.74) is 4.87. The summed E-state index contributed by atoms with van der Waals surface area (Å²) < 4.78 is 19.1. The standard InChI is InChI=1S/C31H30N2O4/c1-36-30(34)17-12-22-6-5-9-28(18-22)33(31(35)25-7-3-2-4-8-25)21-23-10-13-24(14-11-23)26-15-16-29-27(19-26)20-32-37-29/h5-6,9-20,25H,2-4,7-8,21H2,1H3/b17-12+/i21D. The van der Waals surface area contributed by atoms with Crippen LogP contribution in [0.4, 0.5) is 5.69 Å². The van der Waals surface area contributed by atoms with Crippen LogP contribution in [0.5, 0.6) is 0 Å². The average molecular weight is 496 g/mol. The van der Waals surface area contributed by atoms with Crippen molar-refractivity contribution >= 4 is 34.6 Å². The third-order valence-corrected chi connectivity index (χ3v) is 6.83. The summed E-state index contributed by atoms with van der Waals surface area (Å²) in [4.78, 5) is 27.0. The molecule has 1 aromatic heterocycles. The summed E-state index contributed by atoms with van der Waals surface area (Å²) in [6.07, 6.45) is 9.57. The highest BCUT2D eigenvalue weighted by Gasteiger charge is 2.27. The molecule has 4 aromatic rings. The zero-order valence-electron chi connectivity index (χ0n) is 21.8. The second-order valence-corrected chi connectivity index (χ2v) is 9.32. The van der Waals surface area contributed by atoms with Gasteiger partial charge in [-0.1, -0.05) is 66.9 Å². The van der Waals surface area contributed by atoms with Gasteiger partial charge in [-0.3, -0.25) is 4.79 Å². The molecule has 1 fully saturated rings. The van der Waals surface area contributed by atoms with E-state index in [1.807, 2.05) is 66.7 Å². The van der Waals surface area contributed by atoms with Crippen molar-refractivity contribution in [3.05, 3.63) is 90.1 Å². The summed E-state index contributed by atoms with van der Waals surface area (Å²) in [5.74, 6) is -0.576. The largest absolute Gasteiger partial charge is 0.466 e. The molecule has 1 aliphatic rings. The zero-order chi connectivity index (χ0) is 26.5. The molecular weight excluding hydrogens is 464 g/mol. The molecule has 1 saturated carbocycles. The van der Waals surface area contributed by atoms with Gasteiger partial charge in [-0.2, -0.15) is 0 Å². The summed E-state index contributed by atoms with van der Waals surface area (Å²) in [5, 5.41) is 4.77. The number of fused-ring (bicyclic) bond motifs is 1. The van der Waals surface area contributed by atoms with Gasteiger partial charge in [0.1, 0.15) is 0 Å². The molecule has 1 atom stereocenters. The van der Waals surface area contributed by atoms with E-state index >= 15 is 0 Å². The number of rotatable bonds is 7. The van der Waals surface area contributed by atoms with Gasteiger partial charge in [-0.15, -0.1) is 0 Å². The Balaban J connectivity index is 1.45. The Morgan fingerprint density at radius 1 is 1.05 bits per heavy atom. The van der Waals surface area contributed by atoms with Crippen LogP contribution in [-0.2, 0) is 20.8 Å². The van der Waals surface area contributed by atoms with Gasteiger partial charge in [0.25, 0.3) is 0 Å². The lowest BCUT2D eigenvalue weighted by Gasteiger charge is -2.30. The molecule has 1 heterocycles. The number of benzene rings is 3. The second kappa shape index (κ2) is 11.2. The minimum absolute atomic E-state index is 0.0271. The number of carbonyl (C=O) groups excluding carboxylic acids is 2. The van der Waals surface area contributed by atoms with Crippen LogP contribution < -0.4 is 4.90 Å². The average Bonchev–Trinajstić information content (AvgIpc) is 3.45. The number of ether oxygens (including phenoxy) is 1. The van der Waals surface area contributed by atoms with Crippen molar-refractivity contribution < 1.29 is 20.2 Å². The van der Waals surface area contributed by atoms with Crippen LogP contribution in [0.1, 0.15) is 44.6 Å². The van der Waals surface area contributed by atoms with E-state index in [0.29, 0.717) is 5.69 Å². The summed E-state index contributed by atoms with van der Waals surface area (Å²) in [7, 11) is 1.33. The molecule has 1 unspecified atom stereocenters. The van der Waals surface area contributed by atoms with Crippen molar-refractivity contribution in [1.82, 2.24) is 5.16 Å². The molecule has 1 amide bonds. The number of hydrogen-bond donors (Lipinski definition) is 0. The highest BCUT2D eigenvalue weighted by molar-refractivity contribution is 5.95. The Morgan fingerprint density at radius 2 is 1.84 bits per heavy atom. The smallest absolute Gasteiger partial charge is 0.330 e. The van der Waals surface area contributed by atoms with Crippen LogP contribution in [0.3, 0.4) is 0 Å². The monoisotopic (exact) mass is 495 g/mol. The lowest BCUT2D eigenvalue weighted by molar-refractivity contribution is -0.134. The van der Waals surface area contributed by atoms with Crippen molar-refractivity contribution in [2.75, 3.05) is 12.0 Å². The van der Waals surface area contributed by atoms with Crippen LogP contribution in [0.15, 0.2) is 83.5 Å². The van der Waals surface area contributed by atoms with Crippen molar-refractivity contribution in [3.63, 3.8) is 0 Å². The van der Waals surface area contributed by atoms with Crippen LogP contribution in [-0.4, -0.2) is 24.1 Å². The van der Waals surface area contributed by atoms with Gasteiger partial charge in [-0.25, -0.2) is 4.79 Å². The van der Waals surface area contributed by atoms with Gasteiger partial charge in [0.2, 0.25) is 5.91 Å². The Kier molecular flexibility index (Phi) is 7.06. The highest BCUT2D eigenvalue weighted by atomic mass is 16.5. The number of anilines is 1. The third kappa shape index (κ3) is 5.80. The minimum atomic E-state index is -0.918. The van der Waals surface area contributed by atoms with Crippen LogP contribution >= 0.6 is 0 Å². The molecule has 1 aliphatic carbocycles. The summed E-state index contributed by atoms with van der Waals surface area (Å²) >= 11 is 0. The Hall–Kier alpha value is -4.19. The molecule has 0 saturated heterocycles. The van der Waals surface area contributed by atoms with Crippen LogP contribution in [0, 0.1) is 5.92 Å². The van der Waals surface area contributed by atoms with Gasteiger partial charge in [0.15, 0.2) is 5.58 Å². The highest BCUT2D eigenvalue weighted by Crippen LogP contribution is 2.30. The fourth-order valence-corrected chi connectivity index (χ4v) is 4.78. The van der Waals surface area contributed by atoms with Gasteiger partial charge >= 0.3 is 5.97 Å². The van der Waals surface area contributed by atoms with Crippen LogP contribution in [0.2, 0.25) is 0 Å². The maximum Gasteiger partial charge on any atom is 0.330 e. The molecule has 0 radical (unpaired) electrons. The van der Waals surface area contributed by atoms with E-state index in [2.05, 4.69) is 5.16 Å². The maximum atomic E-state index is 13.8. The molecule has 37 heavy (non-hydrogen) atoms. The first kappa shape index (κ1) is 23.2. The quantitative estimate of drug-likeness (QED) is 0.208. The fraction of sp³-hybridized carbons (Fsp3) is 0.258. The van der Waals surface area contributed by atoms with E-state index < -0.39 is 12.5 Å². The number of esters is 1. The molecule has 6 heteroatoms. The number of aromatic nitrogens is 1. The van der Waals surface area contributed by atoms with E-state index in [-0.39, 0.29) is 11.8 Å². The maximum absolute atomic E-state index is 13.8. The first-order chi connectivity index (χ1) is 18.5. The van der Waals surface area contributed by atoms with Crippen molar-refractivity contribution in [2.45, 2.75) is 38.6 Å². The lowest BCUT2D eigenvalue weighted by Crippen LogP contribution is -2.36. The molecular formula is C31H30N2O4. The number of carbonyl (C=O) groups is 2. The summed E-state index contributed by atoms with van der Waals surface area (Å²) in [6.45, 7) is -0.918. The van der Waals surface area contributed by atoms with E-state index in [1.165, 1.54) is 13.2 Å². The Bertz CT molecular complexity index is 1450. The predicted molar refractivity (Wildman–Crippen MR) is 145 cm³/mol. The fourth-order valence-electron chi connectivity index (χ4n) is 4.78. The topological polar surface area (TPSA) is 72.6 Å². The first-order valence-electron chi connectivity index (χ1n) is 13.2. The second-order valence-electron chi connectivity index (χ2n) is 9.32. The van der Waals surface area contributed by atoms with Crippen LogP contribution in [0.25, 0.3) is 28.2 Å². The Morgan fingerprint density at radius 3 is 2.62 bits per heavy atom. The molecule has 0 N–H and O–H groups in total. The van der Waals surface area contributed by atoms with Gasteiger partial charge in [-0.05, 0) is 65.4 Å². The van der Waals surface area contributed by atoms with E-state index in [4.69, 9.17) is 9.26 Å². The van der Waals surface area contributed by atoms with E-state index in [9.17, 15) is 11.0 Å². The lowest BCUT2D eigenvalue weighted by atomic mass is 9.88. The summed E-state index contributed by atoms with van der Waals surface area (Å²) in [6, 6.07) is 21.0. The van der Waals surface area contributed by atoms with E-state index in [1.54, 1.807) is 17.2 Å². The Labute approximate surface area is 217 Å². The molecule has 3 aromatic carbocycles. The predicted octanol–water partition coefficient (Wildman–Crippen LogP) is 6.79. The first-order valence-corrected chi connectivity index (χ1v) is 12.6. The number of methoxy groups -OCH3 is 1. The number of hydrogen-bond acceptors (Lipinski definition) is 5. The molecule has 188 valence electrons. The third-order valence-electron chi connectivity index (χ3n) is 6.83. The van der Waals surface area contributed by atoms with Crippen molar-refractivity contribution in [3.8, 4) is 11.1 Å². The van der Waals surface area contributed by atoms with Gasteiger partial charge < -0.3 is 14.2 Å². The van der Waals surface area contributed by atoms with Crippen molar-refractivity contribution in [2.24, 2.45) is 5.92 Å². The normalized spacial score (nSPS) is 15.4. The molecule has 5 rings (SSSR count). The zero-order valence-corrected chi connectivity index (χ0v) is 20.8. The van der Waals surface area contributed by atoms with Gasteiger partial charge in [0, 0.05) is 23.1 Å². The number of nitrogens with zero attached hydrogens (tertiary/aromatic N) is 2. The molecule has 0 aliphatic heterocycles. The number of amides is 1.